The Hall–Kier alpha value is -2.54. The van der Waals surface area contributed by atoms with Gasteiger partial charge in [-0.3, -0.25) is 4.90 Å². The normalized spacial score (nSPS) is 24.2. The maximum absolute atomic E-state index is 11.0. The first-order valence-electron chi connectivity index (χ1n) is 11.1. The summed E-state index contributed by atoms with van der Waals surface area (Å²) in [5.74, 6) is 0. The Morgan fingerprint density at radius 2 is 0.969 bits per heavy atom. The second-order valence-electron chi connectivity index (χ2n) is 8.33. The third kappa shape index (κ3) is 6.25. The summed E-state index contributed by atoms with van der Waals surface area (Å²) in [6.45, 7) is 2.46. The van der Waals surface area contributed by atoms with Crippen molar-refractivity contribution < 1.29 is 19.7 Å². The van der Waals surface area contributed by atoms with Gasteiger partial charge in [0.2, 0.25) is 0 Å². The van der Waals surface area contributed by atoms with E-state index in [1.807, 2.05) is 78.9 Å². The molecule has 168 valence electrons. The summed E-state index contributed by atoms with van der Waals surface area (Å²) in [6.07, 6.45) is -3.14. The highest BCUT2D eigenvalue weighted by atomic mass is 16.5. The van der Waals surface area contributed by atoms with Gasteiger partial charge in [-0.1, -0.05) is 91.0 Å². The van der Waals surface area contributed by atoms with Crippen LogP contribution in [0.3, 0.4) is 0 Å². The number of hydrogen-bond donors (Lipinski definition) is 2. The molecule has 1 aliphatic rings. The first kappa shape index (κ1) is 22.6. The average molecular weight is 434 g/mol. The molecule has 0 bridgehead atoms. The molecule has 1 saturated heterocycles. The smallest absolute Gasteiger partial charge is 0.110 e. The summed E-state index contributed by atoms with van der Waals surface area (Å²) in [5.41, 5.74) is 3.23. The molecule has 0 radical (unpaired) electrons. The van der Waals surface area contributed by atoms with Gasteiger partial charge in [0.25, 0.3) is 0 Å². The minimum Gasteiger partial charge on any atom is -0.388 e. The molecule has 0 amide bonds. The van der Waals surface area contributed by atoms with E-state index in [-0.39, 0.29) is 0 Å². The number of aliphatic hydroxyl groups is 2. The van der Waals surface area contributed by atoms with Crippen LogP contribution in [0.5, 0.6) is 0 Å². The van der Waals surface area contributed by atoms with Crippen molar-refractivity contribution in [2.24, 2.45) is 0 Å². The Morgan fingerprint density at radius 1 is 0.594 bits per heavy atom. The summed E-state index contributed by atoms with van der Waals surface area (Å²) in [7, 11) is 0. The van der Waals surface area contributed by atoms with E-state index in [0.29, 0.717) is 32.8 Å². The van der Waals surface area contributed by atoms with Crippen LogP contribution < -0.4 is 0 Å². The Kier molecular flexibility index (Phi) is 8.04. The van der Waals surface area contributed by atoms with Crippen LogP contribution in [0.2, 0.25) is 0 Å². The number of benzene rings is 3. The Bertz CT molecular complexity index is 865. The van der Waals surface area contributed by atoms with Gasteiger partial charge in [0, 0.05) is 19.6 Å². The van der Waals surface area contributed by atoms with Gasteiger partial charge in [-0.05, 0) is 16.7 Å². The minimum absolute atomic E-state index is 0.379. The summed E-state index contributed by atoms with van der Waals surface area (Å²) in [4.78, 5) is 2.19. The maximum Gasteiger partial charge on any atom is 0.110 e. The molecule has 0 aliphatic carbocycles. The third-order valence-electron chi connectivity index (χ3n) is 5.85. The highest BCUT2D eigenvalue weighted by Crippen LogP contribution is 2.22. The number of hydrogen-bond acceptors (Lipinski definition) is 5. The van der Waals surface area contributed by atoms with Crippen LogP contribution >= 0.6 is 0 Å². The van der Waals surface area contributed by atoms with E-state index in [2.05, 4.69) is 17.0 Å². The van der Waals surface area contributed by atoms with Crippen LogP contribution in [-0.4, -0.2) is 52.6 Å². The Labute approximate surface area is 189 Å². The second-order valence-corrected chi connectivity index (χ2v) is 8.33. The van der Waals surface area contributed by atoms with Crippen molar-refractivity contribution >= 4 is 0 Å². The zero-order valence-corrected chi connectivity index (χ0v) is 18.2. The molecule has 0 unspecified atom stereocenters. The number of likely N-dealkylation sites (tertiary alicyclic amines) is 1. The lowest BCUT2D eigenvalue weighted by molar-refractivity contribution is -0.128. The number of aliphatic hydroxyl groups excluding tert-OH is 2. The SMILES string of the molecule is O[C@H]1[C@H](O)[C@H](OCc2ccccc2)CN(Cc2ccccc2)C[C@H]1OCc1ccccc1. The first-order valence-corrected chi connectivity index (χ1v) is 11.1. The van der Waals surface area contributed by atoms with Gasteiger partial charge in [0.1, 0.15) is 12.2 Å². The van der Waals surface area contributed by atoms with E-state index in [4.69, 9.17) is 9.47 Å². The molecule has 3 aromatic rings. The van der Waals surface area contributed by atoms with Crippen LogP contribution in [0.4, 0.5) is 0 Å². The van der Waals surface area contributed by atoms with Crippen LogP contribution in [0.25, 0.3) is 0 Å². The van der Waals surface area contributed by atoms with Crippen molar-refractivity contribution in [1.29, 1.82) is 0 Å². The molecule has 1 heterocycles. The van der Waals surface area contributed by atoms with E-state index < -0.39 is 24.4 Å². The zero-order valence-electron chi connectivity index (χ0n) is 18.2. The van der Waals surface area contributed by atoms with E-state index in [0.717, 1.165) is 11.1 Å². The van der Waals surface area contributed by atoms with Crippen molar-refractivity contribution in [3.05, 3.63) is 108 Å². The fraction of sp³-hybridized carbons (Fsp3) is 0.333. The Morgan fingerprint density at radius 3 is 1.38 bits per heavy atom. The monoisotopic (exact) mass is 433 g/mol. The van der Waals surface area contributed by atoms with Gasteiger partial charge in [-0.2, -0.15) is 0 Å². The fourth-order valence-corrected chi connectivity index (χ4v) is 4.07. The van der Waals surface area contributed by atoms with Crippen LogP contribution in [0.1, 0.15) is 16.7 Å². The topological polar surface area (TPSA) is 62.2 Å². The highest BCUT2D eigenvalue weighted by Gasteiger charge is 2.39. The summed E-state index contributed by atoms with van der Waals surface area (Å²) < 4.78 is 12.2. The first-order chi connectivity index (χ1) is 15.7. The molecular formula is C27H31NO4. The average Bonchev–Trinajstić information content (AvgIpc) is 2.95. The number of nitrogens with zero attached hydrogens (tertiary/aromatic N) is 1. The molecule has 5 heteroatoms. The third-order valence-corrected chi connectivity index (χ3v) is 5.85. The molecule has 1 aliphatic heterocycles. The summed E-state index contributed by atoms with van der Waals surface area (Å²) in [6, 6.07) is 29.9. The lowest BCUT2D eigenvalue weighted by atomic mass is 10.0. The van der Waals surface area contributed by atoms with Crippen molar-refractivity contribution in [2.45, 2.75) is 44.2 Å². The van der Waals surface area contributed by atoms with Gasteiger partial charge in [0.15, 0.2) is 0 Å². The molecule has 3 aromatic carbocycles. The molecule has 2 N–H and O–H groups in total. The molecule has 32 heavy (non-hydrogen) atoms. The highest BCUT2D eigenvalue weighted by molar-refractivity contribution is 5.16. The standard InChI is InChI=1S/C27H31NO4/c29-26-24(31-19-22-12-6-2-7-13-22)17-28(16-21-10-4-1-5-11-21)18-25(27(26)30)32-20-23-14-8-3-9-15-23/h1-15,24-27,29-30H,16-20H2/t24-,25-,26-,27-/m1/s1. The van der Waals surface area contributed by atoms with Crippen LogP contribution in [-0.2, 0) is 29.2 Å². The molecule has 1 fully saturated rings. The molecular weight excluding hydrogens is 402 g/mol. The number of rotatable bonds is 8. The van der Waals surface area contributed by atoms with Gasteiger partial charge in [-0.15, -0.1) is 0 Å². The number of ether oxygens (including phenoxy) is 2. The predicted octanol–water partition coefficient (Wildman–Crippen LogP) is 3.39. The van der Waals surface area contributed by atoms with E-state index in [9.17, 15) is 10.2 Å². The quantitative estimate of drug-likeness (QED) is 0.570. The summed E-state index contributed by atoms with van der Waals surface area (Å²) >= 11 is 0. The van der Waals surface area contributed by atoms with Crippen LogP contribution in [0.15, 0.2) is 91.0 Å². The van der Waals surface area contributed by atoms with Gasteiger partial charge in [-0.25, -0.2) is 0 Å². The van der Waals surface area contributed by atoms with Crippen molar-refractivity contribution in [3.63, 3.8) is 0 Å². The van der Waals surface area contributed by atoms with Gasteiger partial charge >= 0.3 is 0 Å². The largest absolute Gasteiger partial charge is 0.388 e. The van der Waals surface area contributed by atoms with E-state index in [1.54, 1.807) is 0 Å². The lowest BCUT2D eigenvalue weighted by Gasteiger charge is -2.27. The molecule has 0 spiro atoms. The van der Waals surface area contributed by atoms with Crippen LogP contribution in [0, 0.1) is 0 Å². The van der Waals surface area contributed by atoms with Crippen molar-refractivity contribution in [3.8, 4) is 0 Å². The lowest BCUT2D eigenvalue weighted by Crippen LogP contribution is -2.45. The molecule has 4 rings (SSSR count). The molecule has 0 saturated carbocycles. The summed E-state index contributed by atoms with van der Waals surface area (Å²) in [5, 5.41) is 21.9. The second kappa shape index (κ2) is 11.4. The van der Waals surface area contributed by atoms with Crippen molar-refractivity contribution in [1.82, 2.24) is 4.90 Å². The van der Waals surface area contributed by atoms with E-state index in [1.165, 1.54) is 5.56 Å². The fourth-order valence-electron chi connectivity index (χ4n) is 4.07. The predicted molar refractivity (Wildman–Crippen MR) is 124 cm³/mol. The molecule has 4 atom stereocenters. The Balaban J connectivity index is 1.48. The zero-order chi connectivity index (χ0) is 22.2. The maximum atomic E-state index is 11.0. The minimum atomic E-state index is -1.04. The molecule has 5 nitrogen and oxygen atoms in total. The molecule has 0 aromatic heterocycles. The van der Waals surface area contributed by atoms with Gasteiger partial charge in [0.05, 0.1) is 25.4 Å². The van der Waals surface area contributed by atoms with Gasteiger partial charge < -0.3 is 19.7 Å². The van der Waals surface area contributed by atoms with Crippen molar-refractivity contribution in [2.75, 3.05) is 13.1 Å². The van der Waals surface area contributed by atoms with E-state index >= 15 is 0 Å².